The zero-order chi connectivity index (χ0) is 15.9. The number of aromatic nitrogens is 1. The summed E-state index contributed by atoms with van der Waals surface area (Å²) in [6.45, 7) is 0.827. The molecule has 0 spiro atoms. The standard InChI is InChI=1S/C16H18N4O2/c1-19-9-11(10-5-3-4-6-12(10)19)13-14(18-8-7-17)16(22)20(2)15(13)21/h3-6,9,18H,7-8,17H2,1-2H3. The highest BCUT2D eigenvalue weighted by atomic mass is 16.2. The van der Waals surface area contributed by atoms with Gasteiger partial charge in [-0.25, -0.2) is 0 Å². The fraction of sp³-hybridized carbons (Fsp3) is 0.250. The van der Waals surface area contributed by atoms with Gasteiger partial charge in [0, 0.05) is 49.8 Å². The molecule has 1 aromatic heterocycles. The first-order chi connectivity index (χ1) is 10.6. The summed E-state index contributed by atoms with van der Waals surface area (Å²) in [5.74, 6) is -0.609. The second-order valence-electron chi connectivity index (χ2n) is 5.31. The number of nitrogens with two attached hydrogens (primary N) is 1. The van der Waals surface area contributed by atoms with Crippen molar-refractivity contribution in [3.63, 3.8) is 0 Å². The van der Waals surface area contributed by atoms with Crippen LogP contribution in [0.15, 0.2) is 36.2 Å². The average Bonchev–Trinajstić information content (AvgIpc) is 2.96. The molecule has 0 atom stereocenters. The van der Waals surface area contributed by atoms with Crippen molar-refractivity contribution in [1.82, 2.24) is 14.8 Å². The molecule has 3 rings (SSSR count). The number of para-hydroxylation sites is 1. The summed E-state index contributed by atoms with van der Waals surface area (Å²) in [6.07, 6.45) is 1.88. The van der Waals surface area contributed by atoms with E-state index in [1.807, 2.05) is 42.1 Å². The fourth-order valence-electron chi connectivity index (χ4n) is 2.79. The Labute approximate surface area is 128 Å². The molecule has 0 radical (unpaired) electrons. The van der Waals surface area contributed by atoms with E-state index in [0.717, 1.165) is 21.4 Å². The molecule has 2 aromatic rings. The van der Waals surface area contributed by atoms with Crippen molar-refractivity contribution in [2.45, 2.75) is 0 Å². The van der Waals surface area contributed by atoms with Crippen LogP contribution in [0.3, 0.4) is 0 Å². The van der Waals surface area contributed by atoms with Gasteiger partial charge < -0.3 is 15.6 Å². The maximum absolute atomic E-state index is 12.5. The van der Waals surface area contributed by atoms with E-state index in [-0.39, 0.29) is 11.8 Å². The molecule has 6 heteroatoms. The van der Waals surface area contributed by atoms with E-state index in [9.17, 15) is 9.59 Å². The van der Waals surface area contributed by atoms with E-state index < -0.39 is 0 Å². The number of carbonyl (C=O) groups excluding carboxylic acids is 2. The van der Waals surface area contributed by atoms with Gasteiger partial charge in [0.1, 0.15) is 5.70 Å². The number of nitrogens with zero attached hydrogens (tertiary/aromatic N) is 2. The SMILES string of the molecule is CN1C(=O)C(NCCN)=C(c2cn(C)c3ccccc23)C1=O. The van der Waals surface area contributed by atoms with Crippen LogP contribution < -0.4 is 11.1 Å². The molecule has 114 valence electrons. The molecular formula is C16H18N4O2. The first-order valence-corrected chi connectivity index (χ1v) is 7.11. The average molecular weight is 298 g/mol. The summed E-state index contributed by atoms with van der Waals surface area (Å²) >= 11 is 0. The van der Waals surface area contributed by atoms with Gasteiger partial charge in [-0.3, -0.25) is 14.5 Å². The summed E-state index contributed by atoms with van der Waals surface area (Å²) < 4.78 is 1.95. The minimum Gasteiger partial charge on any atom is -0.379 e. The van der Waals surface area contributed by atoms with Crippen molar-refractivity contribution in [3.05, 3.63) is 41.7 Å². The highest BCUT2D eigenvalue weighted by molar-refractivity contribution is 6.36. The third-order valence-corrected chi connectivity index (χ3v) is 3.90. The van der Waals surface area contributed by atoms with Crippen molar-refractivity contribution in [2.75, 3.05) is 20.1 Å². The lowest BCUT2D eigenvalue weighted by molar-refractivity contribution is -0.135. The molecule has 1 aliphatic rings. The zero-order valence-electron chi connectivity index (χ0n) is 12.6. The number of likely N-dealkylation sites (N-methyl/N-ethyl adjacent to an activating group) is 1. The first-order valence-electron chi connectivity index (χ1n) is 7.11. The van der Waals surface area contributed by atoms with E-state index >= 15 is 0 Å². The molecule has 2 amide bonds. The molecule has 3 N–H and O–H groups in total. The van der Waals surface area contributed by atoms with Gasteiger partial charge in [0.25, 0.3) is 11.8 Å². The van der Waals surface area contributed by atoms with E-state index in [1.165, 1.54) is 7.05 Å². The van der Waals surface area contributed by atoms with Crippen molar-refractivity contribution < 1.29 is 9.59 Å². The Kier molecular flexibility index (Phi) is 3.46. The van der Waals surface area contributed by atoms with E-state index in [4.69, 9.17) is 5.73 Å². The predicted molar refractivity (Wildman–Crippen MR) is 84.7 cm³/mol. The van der Waals surface area contributed by atoms with Gasteiger partial charge in [0.15, 0.2) is 0 Å². The van der Waals surface area contributed by atoms with E-state index in [2.05, 4.69) is 5.32 Å². The first kappa shape index (κ1) is 14.3. The normalized spacial score (nSPS) is 15.3. The fourth-order valence-corrected chi connectivity index (χ4v) is 2.79. The second-order valence-corrected chi connectivity index (χ2v) is 5.31. The molecule has 0 saturated carbocycles. The number of imide groups is 1. The summed E-state index contributed by atoms with van der Waals surface area (Å²) in [5, 5.41) is 3.95. The Hall–Kier alpha value is -2.60. The molecule has 0 unspecified atom stereocenters. The van der Waals surface area contributed by atoms with Crippen molar-refractivity contribution in [3.8, 4) is 0 Å². The van der Waals surface area contributed by atoms with E-state index in [0.29, 0.717) is 24.4 Å². The molecule has 0 saturated heterocycles. The molecule has 1 aliphatic heterocycles. The molecule has 0 fully saturated rings. The Balaban J connectivity index is 2.23. The summed E-state index contributed by atoms with van der Waals surface area (Å²) in [7, 11) is 3.41. The summed E-state index contributed by atoms with van der Waals surface area (Å²) in [5.41, 5.74) is 8.02. The minimum atomic E-state index is -0.318. The molecule has 0 bridgehead atoms. The second kappa shape index (κ2) is 5.31. The molecule has 0 aliphatic carbocycles. The highest BCUT2D eigenvalue weighted by Crippen LogP contribution is 2.33. The van der Waals surface area contributed by atoms with Crippen LogP contribution in [0.4, 0.5) is 0 Å². The van der Waals surface area contributed by atoms with Gasteiger partial charge in [0.05, 0.1) is 5.57 Å². The maximum Gasteiger partial charge on any atom is 0.277 e. The number of benzene rings is 1. The van der Waals surface area contributed by atoms with Crippen LogP contribution in [-0.4, -0.2) is 41.4 Å². The van der Waals surface area contributed by atoms with Crippen LogP contribution in [0, 0.1) is 0 Å². The Morgan fingerprint density at radius 3 is 2.59 bits per heavy atom. The lowest BCUT2D eigenvalue weighted by Crippen LogP contribution is -2.31. The summed E-state index contributed by atoms with van der Waals surface area (Å²) in [4.78, 5) is 25.9. The lowest BCUT2D eigenvalue weighted by Gasteiger charge is -2.07. The molecular weight excluding hydrogens is 280 g/mol. The summed E-state index contributed by atoms with van der Waals surface area (Å²) in [6, 6.07) is 7.80. The van der Waals surface area contributed by atoms with Crippen LogP contribution in [0.2, 0.25) is 0 Å². The lowest BCUT2D eigenvalue weighted by atomic mass is 10.0. The minimum absolute atomic E-state index is 0.291. The number of hydrogen-bond donors (Lipinski definition) is 2. The predicted octanol–water partition coefficient (Wildman–Crippen LogP) is 0.436. The maximum atomic E-state index is 12.5. The van der Waals surface area contributed by atoms with Crippen LogP contribution >= 0.6 is 0 Å². The number of amides is 2. The van der Waals surface area contributed by atoms with Gasteiger partial charge in [-0.15, -0.1) is 0 Å². The van der Waals surface area contributed by atoms with Gasteiger partial charge >= 0.3 is 0 Å². The number of hydrogen-bond acceptors (Lipinski definition) is 4. The van der Waals surface area contributed by atoms with Crippen molar-refractivity contribution in [1.29, 1.82) is 0 Å². The van der Waals surface area contributed by atoms with Gasteiger partial charge in [-0.05, 0) is 6.07 Å². The number of nitrogens with one attached hydrogen (secondary N) is 1. The zero-order valence-corrected chi connectivity index (χ0v) is 12.6. The van der Waals surface area contributed by atoms with Crippen LogP contribution in [-0.2, 0) is 16.6 Å². The van der Waals surface area contributed by atoms with Gasteiger partial charge in [-0.1, -0.05) is 18.2 Å². The topological polar surface area (TPSA) is 80.4 Å². The Morgan fingerprint density at radius 1 is 1.14 bits per heavy atom. The third-order valence-electron chi connectivity index (χ3n) is 3.90. The van der Waals surface area contributed by atoms with Crippen molar-refractivity contribution >= 4 is 28.3 Å². The highest BCUT2D eigenvalue weighted by Gasteiger charge is 2.37. The van der Waals surface area contributed by atoms with Gasteiger partial charge in [0.2, 0.25) is 0 Å². The van der Waals surface area contributed by atoms with Gasteiger partial charge in [-0.2, -0.15) is 0 Å². The monoisotopic (exact) mass is 298 g/mol. The molecule has 22 heavy (non-hydrogen) atoms. The Bertz CT molecular complexity index is 804. The number of rotatable bonds is 4. The molecule has 2 heterocycles. The van der Waals surface area contributed by atoms with Crippen LogP contribution in [0.25, 0.3) is 16.5 Å². The Morgan fingerprint density at radius 2 is 1.86 bits per heavy atom. The quantitative estimate of drug-likeness (QED) is 0.803. The largest absolute Gasteiger partial charge is 0.379 e. The third kappa shape index (κ3) is 2.00. The molecule has 1 aromatic carbocycles. The van der Waals surface area contributed by atoms with E-state index in [1.54, 1.807) is 0 Å². The van der Waals surface area contributed by atoms with Crippen molar-refractivity contribution in [2.24, 2.45) is 12.8 Å². The number of carbonyl (C=O) groups is 2. The number of fused-ring (bicyclic) bond motifs is 1. The smallest absolute Gasteiger partial charge is 0.277 e. The van der Waals surface area contributed by atoms with Crippen LogP contribution in [0.1, 0.15) is 5.56 Å². The number of aryl methyl sites for hydroxylation is 1. The molecule has 6 nitrogen and oxygen atoms in total. The van der Waals surface area contributed by atoms with Crippen LogP contribution in [0.5, 0.6) is 0 Å².